The van der Waals surface area contributed by atoms with Crippen LogP contribution in [0.1, 0.15) is 15.9 Å². The van der Waals surface area contributed by atoms with E-state index in [2.05, 4.69) is 15.9 Å². The minimum Gasteiger partial charge on any atom is -0.352 e. The van der Waals surface area contributed by atoms with E-state index < -0.39 is 35.6 Å². The fourth-order valence-electron chi connectivity index (χ4n) is 5.44. The van der Waals surface area contributed by atoms with E-state index in [-0.39, 0.29) is 11.7 Å². The highest BCUT2D eigenvalue weighted by Crippen LogP contribution is 2.49. The molecule has 4 unspecified atom stereocenters. The number of carbonyl (C=O) groups excluding carboxylic acids is 3. The number of nitrogens with zero attached hydrogens (tertiary/aromatic N) is 2. The van der Waals surface area contributed by atoms with E-state index in [9.17, 15) is 18.8 Å². The molecule has 0 spiro atoms. The molecule has 0 bridgehead atoms. The van der Waals surface area contributed by atoms with Gasteiger partial charge in [-0.2, -0.15) is 0 Å². The molecule has 0 radical (unpaired) electrons. The lowest BCUT2D eigenvalue weighted by atomic mass is 9.86. The number of anilines is 2. The maximum absolute atomic E-state index is 13.9. The number of amides is 2. The van der Waals surface area contributed by atoms with E-state index in [0.717, 1.165) is 20.6 Å². The van der Waals surface area contributed by atoms with Gasteiger partial charge in [0.2, 0.25) is 11.8 Å². The Hall–Kier alpha value is -3.58. The van der Waals surface area contributed by atoms with Crippen molar-refractivity contribution in [2.75, 3.05) is 9.80 Å². The highest BCUT2D eigenvalue weighted by Gasteiger charge is 2.64. The first-order valence-electron chi connectivity index (χ1n) is 10.9. The second kappa shape index (κ2) is 7.74. The molecule has 2 saturated heterocycles. The molecular weight excluding hydrogens is 499 g/mol. The Kier molecular flexibility index (Phi) is 4.78. The minimum atomic E-state index is -0.852. The van der Waals surface area contributed by atoms with Gasteiger partial charge < -0.3 is 4.90 Å². The van der Waals surface area contributed by atoms with E-state index in [4.69, 9.17) is 0 Å². The van der Waals surface area contributed by atoms with Gasteiger partial charge in [-0.1, -0.05) is 58.4 Å². The van der Waals surface area contributed by atoms with Crippen molar-refractivity contribution in [3.05, 3.63) is 100 Å². The van der Waals surface area contributed by atoms with E-state index in [0.29, 0.717) is 11.3 Å². The molecule has 0 aromatic heterocycles. The molecule has 2 amide bonds. The molecule has 168 valence electrons. The van der Waals surface area contributed by atoms with Crippen LogP contribution < -0.4 is 9.80 Å². The summed E-state index contributed by atoms with van der Waals surface area (Å²) in [5, 5.41) is 0. The molecule has 0 N–H and O–H groups in total. The lowest BCUT2D eigenvalue weighted by molar-refractivity contribution is -0.122. The number of halogens is 2. The van der Waals surface area contributed by atoms with Crippen LogP contribution in [0.3, 0.4) is 0 Å². The lowest BCUT2D eigenvalue weighted by Crippen LogP contribution is -2.48. The van der Waals surface area contributed by atoms with Crippen molar-refractivity contribution < 1.29 is 18.8 Å². The Morgan fingerprint density at radius 3 is 2.26 bits per heavy atom. The summed E-state index contributed by atoms with van der Waals surface area (Å²) in [7, 11) is 0. The van der Waals surface area contributed by atoms with Gasteiger partial charge in [0.1, 0.15) is 11.9 Å². The van der Waals surface area contributed by atoms with Crippen molar-refractivity contribution in [1.29, 1.82) is 0 Å². The molecule has 0 aliphatic carbocycles. The number of Topliss-reactive ketones (excluding diaryl/α,β-unsaturated/α-hetero) is 1. The van der Waals surface area contributed by atoms with Gasteiger partial charge in [-0.05, 0) is 48.0 Å². The summed E-state index contributed by atoms with van der Waals surface area (Å²) in [6.45, 7) is 0. The Bertz CT molecular complexity index is 1370. The fraction of sp³-hybridized carbons (Fsp3) is 0.148. The van der Waals surface area contributed by atoms with Crippen LogP contribution in [0.25, 0.3) is 6.08 Å². The van der Waals surface area contributed by atoms with Crippen LogP contribution >= 0.6 is 15.9 Å². The molecule has 3 aliphatic heterocycles. The average molecular weight is 517 g/mol. The normalized spacial score (nSPS) is 24.8. The summed E-state index contributed by atoms with van der Waals surface area (Å²) >= 11 is 3.39. The predicted molar refractivity (Wildman–Crippen MR) is 130 cm³/mol. The van der Waals surface area contributed by atoms with Crippen molar-refractivity contribution in [2.45, 2.75) is 12.1 Å². The van der Waals surface area contributed by atoms with E-state index in [1.807, 2.05) is 41.3 Å². The van der Waals surface area contributed by atoms with E-state index in [1.165, 1.54) is 24.3 Å². The predicted octanol–water partition coefficient (Wildman–Crippen LogP) is 4.86. The number of carbonyl (C=O) groups is 3. The van der Waals surface area contributed by atoms with Crippen LogP contribution in [0.2, 0.25) is 0 Å². The number of fused-ring (bicyclic) bond motifs is 5. The fourth-order valence-corrected chi connectivity index (χ4v) is 5.71. The van der Waals surface area contributed by atoms with Gasteiger partial charge in [0, 0.05) is 15.7 Å². The van der Waals surface area contributed by atoms with Gasteiger partial charge in [0.05, 0.1) is 23.6 Å². The van der Waals surface area contributed by atoms with Crippen LogP contribution in [0.5, 0.6) is 0 Å². The van der Waals surface area contributed by atoms with Crippen LogP contribution in [-0.4, -0.2) is 29.7 Å². The molecule has 5 nitrogen and oxygen atoms in total. The van der Waals surface area contributed by atoms with Gasteiger partial charge >= 0.3 is 0 Å². The molecule has 3 aromatic carbocycles. The topological polar surface area (TPSA) is 57.7 Å². The van der Waals surface area contributed by atoms with Gasteiger partial charge in [-0.15, -0.1) is 0 Å². The number of para-hydroxylation sites is 1. The van der Waals surface area contributed by atoms with Crippen molar-refractivity contribution >= 4 is 51.0 Å². The SMILES string of the molecule is O=C(c1ccc(Br)cc1)C1C2C(=O)N(c3ccc(F)cc3)C(=O)C2C2C=Cc3ccccc3N21. The first-order valence-corrected chi connectivity index (χ1v) is 11.7. The number of imide groups is 1. The summed E-state index contributed by atoms with van der Waals surface area (Å²) in [4.78, 5) is 44.3. The molecule has 0 saturated carbocycles. The van der Waals surface area contributed by atoms with Crippen molar-refractivity contribution in [3.63, 3.8) is 0 Å². The third kappa shape index (κ3) is 3.00. The standard InChI is InChI=1S/C27H18BrFN2O3/c28-17-8-5-16(6-9-17)25(32)24-23-22(21-14-7-15-3-1-2-4-20(15)31(21)24)26(33)30(27(23)34)19-12-10-18(29)11-13-19/h1-14,21-24H. The second-order valence-corrected chi connectivity index (χ2v) is 9.59. The third-order valence-electron chi connectivity index (χ3n) is 6.90. The van der Waals surface area contributed by atoms with Crippen LogP contribution in [0.15, 0.2) is 83.3 Å². The molecule has 4 atom stereocenters. The molecule has 7 heteroatoms. The molecule has 34 heavy (non-hydrogen) atoms. The Labute approximate surface area is 203 Å². The third-order valence-corrected chi connectivity index (χ3v) is 7.43. The minimum absolute atomic E-state index is 0.211. The first-order chi connectivity index (χ1) is 16.5. The summed E-state index contributed by atoms with van der Waals surface area (Å²) in [6.07, 6.45) is 3.85. The largest absolute Gasteiger partial charge is 0.352 e. The van der Waals surface area contributed by atoms with Crippen LogP contribution in [-0.2, 0) is 9.59 Å². The highest BCUT2D eigenvalue weighted by molar-refractivity contribution is 9.10. The Morgan fingerprint density at radius 2 is 1.53 bits per heavy atom. The zero-order chi connectivity index (χ0) is 23.6. The van der Waals surface area contributed by atoms with Crippen molar-refractivity contribution in [3.8, 4) is 0 Å². The lowest BCUT2D eigenvalue weighted by Gasteiger charge is -2.36. The average Bonchev–Trinajstić information content (AvgIpc) is 3.33. The van der Waals surface area contributed by atoms with Crippen molar-refractivity contribution in [1.82, 2.24) is 0 Å². The van der Waals surface area contributed by atoms with Gasteiger partial charge in [0.25, 0.3) is 0 Å². The van der Waals surface area contributed by atoms with Gasteiger partial charge in [0.15, 0.2) is 5.78 Å². The van der Waals surface area contributed by atoms with E-state index in [1.54, 1.807) is 24.3 Å². The molecular formula is C27H18BrFN2O3. The molecule has 2 fully saturated rings. The Balaban J connectivity index is 1.49. The van der Waals surface area contributed by atoms with Crippen LogP contribution in [0, 0.1) is 17.7 Å². The van der Waals surface area contributed by atoms with Crippen LogP contribution in [0.4, 0.5) is 15.8 Å². The zero-order valence-corrected chi connectivity index (χ0v) is 19.4. The monoisotopic (exact) mass is 516 g/mol. The van der Waals surface area contributed by atoms with E-state index >= 15 is 0 Å². The highest BCUT2D eigenvalue weighted by atomic mass is 79.9. The zero-order valence-electron chi connectivity index (χ0n) is 17.8. The molecule has 3 aliphatic rings. The van der Waals surface area contributed by atoms with Gasteiger partial charge in [-0.25, -0.2) is 9.29 Å². The summed E-state index contributed by atoms with van der Waals surface area (Å²) in [6, 6.07) is 18.7. The molecule has 3 heterocycles. The number of hydrogen-bond acceptors (Lipinski definition) is 4. The van der Waals surface area contributed by atoms with Gasteiger partial charge in [-0.3, -0.25) is 14.4 Å². The molecule has 6 rings (SSSR count). The second-order valence-electron chi connectivity index (χ2n) is 8.67. The summed E-state index contributed by atoms with van der Waals surface area (Å²) < 4.78 is 14.3. The molecule has 3 aromatic rings. The number of rotatable bonds is 3. The summed E-state index contributed by atoms with van der Waals surface area (Å²) in [5.41, 5.74) is 2.55. The van der Waals surface area contributed by atoms with Crippen molar-refractivity contribution in [2.24, 2.45) is 11.8 Å². The first kappa shape index (κ1) is 21.0. The Morgan fingerprint density at radius 1 is 0.853 bits per heavy atom. The summed E-state index contributed by atoms with van der Waals surface area (Å²) in [5.74, 6) is -3.04. The number of benzene rings is 3. The number of hydrogen-bond donors (Lipinski definition) is 0. The quantitative estimate of drug-likeness (QED) is 0.368. The maximum Gasteiger partial charge on any atom is 0.240 e. The smallest absolute Gasteiger partial charge is 0.240 e. The maximum atomic E-state index is 13.9. The number of ketones is 1.